The van der Waals surface area contributed by atoms with Crippen molar-refractivity contribution in [3.05, 3.63) is 83.0 Å². The SMILES string of the molecule is COc1ccc(-c2ccc3c(c2)CCN(C(=O)Nc2c[nH]c4ccc(Cl)cc24)C3)cc1. The van der Waals surface area contributed by atoms with Crippen LogP contribution in [0.25, 0.3) is 22.0 Å². The highest BCUT2D eigenvalue weighted by Crippen LogP contribution is 2.29. The maximum atomic E-state index is 12.9. The molecule has 0 aliphatic carbocycles. The van der Waals surface area contributed by atoms with Gasteiger partial charge in [-0.25, -0.2) is 4.79 Å². The van der Waals surface area contributed by atoms with Crippen LogP contribution < -0.4 is 10.1 Å². The van der Waals surface area contributed by atoms with Crippen LogP contribution in [0.2, 0.25) is 5.02 Å². The number of benzene rings is 3. The molecule has 31 heavy (non-hydrogen) atoms. The predicted octanol–water partition coefficient (Wildman–Crippen LogP) is 6.09. The Morgan fingerprint density at radius 1 is 1.03 bits per heavy atom. The molecule has 0 unspecified atom stereocenters. The van der Waals surface area contributed by atoms with E-state index in [0.717, 1.165) is 34.3 Å². The Bertz CT molecular complexity index is 1260. The number of nitrogens with zero attached hydrogens (tertiary/aromatic N) is 1. The summed E-state index contributed by atoms with van der Waals surface area (Å²) in [6.07, 6.45) is 2.63. The molecule has 0 fully saturated rings. The number of anilines is 1. The normalized spacial score (nSPS) is 13.2. The number of methoxy groups -OCH3 is 1. The summed E-state index contributed by atoms with van der Waals surface area (Å²) in [4.78, 5) is 17.9. The van der Waals surface area contributed by atoms with E-state index < -0.39 is 0 Å². The van der Waals surface area contributed by atoms with E-state index in [1.54, 1.807) is 13.3 Å². The van der Waals surface area contributed by atoms with Crippen molar-refractivity contribution in [3.8, 4) is 16.9 Å². The molecule has 4 aromatic rings. The van der Waals surface area contributed by atoms with Crippen molar-refractivity contribution in [3.63, 3.8) is 0 Å². The zero-order chi connectivity index (χ0) is 21.4. The van der Waals surface area contributed by atoms with Gasteiger partial charge in [0.15, 0.2) is 0 Å². The van der Waals surface area contributed by atoms with Gasteiger partial charge < -0.3 is 19.9 Å². The first kappa shape index (κ1) is 19.5. The molecule has 5 rings (SSSR count). The lowest BCUT2D eigenvalue weighted by molar-refractivity contribution is 0.206. The van der Waals surface area contributed by atoms with Crippen molar-refractivity contribution >= 4 is 34.2 Å². The van der Waals surface area contributed by atoms with Crippen molar-refractivity contribution in [2.45, 2.75) is 13.0 Å². The zero-order valence-electron chi connectivity index (χ0n) is 17.1. The Hall–Kier alpha value is -3.44. The molecule has 0 atom stereocenters. The van der Waals surface area contributed by atoms with Gasteiger partial charge in [0.05, 0.1) is 12.8 Å². The van der Waals surface area contributed by atoms with Gasteiger partial charge in [0.1, 0.15) is 5.75 Å². The monoisotopic (exact) mass is 431 g/mol. The average Bonchev–Trinajstić information content (AvgIpc) is 3.20. The second-order valence-corrected chi connectivity index (χ2v) is 8.14. The van der Waals surface area contributed by atoms with E-state index in [1.807, 2.05) is 35.2 Å². The van der Waals surface area contributed by atoms with Gasteiger partial charge in [-0.1, -0.05) is 41.9 Å². The van der Waals surface area contributed by atoms with Gasteiger partial charge >= 0.3 is 6.03 Å². The number of halogens is 1. The molecule has 2 amide bonds. The first-order valence-corrected chi connectivity index (χ1v) is 10.6. The van der Waals surface area contributed by atoms with Crippen molar-refractivity contribution in [1.29, 1.82) is 0 Å². The smallest absolute Gasteiger partial charge is 0.322 e. The summed E-state index contributed by atoms with van der Waals surface area (Å²) in [5.41, 5.74) is 6.48. The highest BCUT2D eigenvalue weighted by molar-refractivity contribution is 6.31. The Balaban J connectivity index is 1.32. The van der Waals surface area contributed by atoms with E-state index in [9.17, 15) is 4.79 Å². The molecule has 3 aromatic carbocycles. The van der Waals surface area contributed by atoms with Crippen molar-refractivity contribution < 1.29 is 9.53 Å². The fourth-order valence-electron chi connectivity index (χ4n) is 4.08. The Kier molecular flexibility index (Phi) is 5.04. The zero-order valence-corrected chi connectivity index (χ0v) is 17.9. The molecule has 0 radical (unpaired) electrons. The van der Waals surface area contributed by atoms with E-state index in [2.05, 4.69) is 40.6 Å². The van der Waals surface area contributed by atoms with E-state index in [0.29, 0.717) is 18.1 Å². The largest absolute Gasteiger partial charge is 0.497 e. The molecule has 0 saturated carbocycles. The molecule has 2 N–H and O–H groups in total. The summed E-state index contributed by atoms with van der Waals surface area (Å²) in [7, 11) is 1.67. The lowest BCUT2D eigenvalue weighted by atomic mass is 9.94. The van der Waals surface area contributed by atoms with Gasteiger partial charge in [0, 0.05) is 35.2 Å². The van der Waals surface area contributed by atoms with Crippen LogP contribution in [-0.4, -0.2) is 29.6 Å². The van der Waals surface area contributed by atoms with E-state index in [-0.39, 0.29) is 6.03 Å². The molecule has 1 aliphatic rings. The molecule has 6 heteroatoms. The number of nitrogens with one attached hydrogen (secondary N) is 2. The summed E-state index contributed by atoms with van der Waals surface area (Å²) < 4.78 is 5.24. The molecule has 0 spiro atoms. The number of aromatic amines is 1. The average molecular weight is 432 g/mol. The van der Waals surface area contributed by atoms with Crippen LogP contribution in [-0.2, 0) is 13.0 Å². The van der Waals surface area contributed by atoms with Crippen molar-refractivity contribution in [2.24, 2.45) is 0 Å². The van der Waals surface area contributed by atoms with Crippen LogP contribution in [0, 0.1) is 0 Å². The van der Waals surface area contributed by atoms with Gasteiger partial charge in [-0.05, 0) is 59.0 Å². The second-order valence-electron chi connectivity index (χ2n) is 7.71. The minimum absolute atomic E-state index is 0.106. The van der Waals surface area contributed by atoms with Gasteiger partial charge in [0.2, 0.25) is 0 Å². The molecule has 156 valence electrons. The molecule has 0 saturated heterocycles. The quantitative estimate of drug-likeness (QED) is 0.412. The van der Waals surface area contributed by atoms with E-state index >= 15 is 0 Å². The van der Waals surface area contributed by atoms with Crippen molar-refractivity contribution in [2.75, 3.05) is 19.0 Å². The molecule has 1 aliphatic heterocycles. The van der Waals surface area contributed by atoms with Crippen LogP contribution in [0.15, 0.2) is 66.9 Å². The topological polar surface area (TPSA) is 57.4 Å². The molecule has 5 nitrogen and oxygen atoms in total. The van der Waals surface area contributed by atoms with Gasteiger partial charge in [0.25, 0.3) is 0 Å². The maximum Gasteiger partial charge on any atom is 0.322 e. The number of carbonyl (C=O) groups is 1. The molecule has 2 heterocycles. The number of urea groups is 1. The number of fused-ring (bicyclic) bond motifs is 2. The Labute approximate surface area is 185 Å². The summed E-state index contributed by atoms with van der Waals surface area (Å²) >= 11 is 6.12. The lowest BCUT2D eigenvalue weighted by Crippen LogP contribution is -2.38. The standard InChI is InChI=1S/C25H22ClN3O2/c1-31-21-7-4-16(5-8-21)17-2-3-19-15-29(11-10-18(19)12-17)25(30)28-24-14-27-23-9-6-20(26)13-22(23)24/h2-9,12-14,27H,10-11,15H2,1H3,(H,28,30). The number of amides is 2. The lowest BCUT2D eigenvalue weighted by Gasteiger charge is -2.29. The fourth-order valence-corrected chi connectivity index (χ4v) is 4.25. The third-order valence-corrected chi connectivity index (χ3v) is 6.05. The molecule has 1 aromatic heterocycles. The minimum atomic E-state index is -0.106. The minimum Gasteiger partial charge on any atom is -0.497 e. The first-order chi connectivity index (χ1) is 15.1. The fraction of sp³-hybridized carbons (Fsp3) is 0.160. The molecular weight excluding hydrogens is 410 g/mol. The van der Waals surface area contributed by atoms with Crippen LogP contribution in [0.4, 0.5) is 10.5 Å². The highest BCUT2D eigenvalue weighted by Gasteiger charge is 2.22. The van der Waals surface area contributed by atoms with Crippen LogP contribution >= 0.6 is 11.6 Å². The van der Waals surface area contributed by atoms with Gasteiger partial charge in [-0.15, -0.1) is 0 Å². The number of carbonyl (C=O) groups excluding carboxylic acids is 1. The number of hydrogen-bond donors (Lipinski definition) is 2. The van der Waals surface area contributed by atoms with Crippen LogP contribution in [0.5, 0.6) is 5.75 Å². The van der Waals surface area contributed by atoms with Crippen LogP contribution in [0.1, 0.15) is 11.1 Å². The number of hydrogen-bond acceptors (Lipinski definition) is 2. The molecule has 0 bridgehead atoms. The maximum absolute atomic E-state index is 12.9. The second kappa shape index (κ2) is 8.00. The number of H-pyrrole nitrogens is 1. The number of ether oxygens (including phenoxy) is 1. The van der Waals surface area contributed by atoms with Gasteiger partial charge in [-0.2, -0.15) is 0 Å². The van der Waals surface area contributed by atoms with Crippen LogP contribution in [0.3, 0.4) is 0 Å². The van der Waals surface area contributed by atoms with Crippen molar-refractivity contribution in [1.82, 2.24) is 9.88 Å². The highest BCUT2D eigenvalue weighted by atomic mass is 35.5. The number of rotatable bonds is 3. The predicted molar refractivity (Wildman–Crippen MR) is 125 cm³/mol. The third kappa shape index (κ3) is 3.84. The van der Waals surface area contributed by atoms with Gasteiger partial charge in [-0.3, -0.25) is 0 Å². The summed E-state index contributed by atoms with van der Waals surface area (Å²) in [5, 5.41) is 4.57. The third-order valence-electron chi connectivity index (χ3n) is 5.81. The van der Waals surface area contributed by atoms with E-state index in [1.165, 1.54) is 16.7 Å². The summed E-state index contributed by atoms with van der Waals surface area (Å²) in [6.45, 7) is 1.27. The number of aromatic nitrogens is 1. The first-order valence-electron chi connectivity index (χ1n) is 10.2. The Morgan fingerprint density at radius 3 is 2.65 bits per heavy atom. The molecular formula is C25H22ClN3O2. The summed E-state index contributed by atoms with van der Waals surface area (Å²) in [5.74, 6) is 0.848. The summed E-state index contributed by atoms with van der Waals surface area (Å²) in [6, 6.07) is 20.0. The van der Waals surface area contributed by atoms with E-state index in [4.69, 9.17) is 16.3 Å². The Morgan fingerprint density at radius 2 is 1.84 bits per heavy atom.